The van der Waals surface area contributed by atoms with Crippen LogP contribution in [0.2, 0.25) is 0 Å². The molecule has 0 heterocycles. The molecule has 2 aromatic carbocycles. The molecule has 31 heavy (non-hydrogen) atoms. The molecule has 2 aromatic rings. The summed E-state index contributed by atoms with van der Waals surface area (Å²) in [5, 5.41) is 2.35. The average molecular weight is 425 g/mol. The fourth-order valence-electron chi connectivity index (χ4n) is 3.65. The summed E-state index contributed by atoms with van der Waals surface area (Å²) in [6, 6.07) is 14.5. The number of alkyl carbamates (subject to hydrolysis) is 1. The molecule has 0 saturated heterocycles. The largest absolute Gasteiger partial charge is 0.469 e. The van der Waals surface area contributed by atoms with E-state index in [1.807, 2.05) is 48.5 Å². The van der Waals surface area contributed by atoms with Crippen molar-refractivity contribution < 1.29 is 33.4 Å². The molecule has 0 spiro atoms. The second-order valence-corrected chi connectivity index (χ2v) is 7.04. The molecule has 0 saturated carbocycles. The minimum Gasteiger partial charge on any atom is -0.469 e. The number of esters is 2. The topological polar surface area (TPSA) is 108 Å². The minimum atomic E-state index is -1.27. The zero-order chi connectivity index (χ0) is 22.4. The van der Waals surface area contributed by atoms with Gasteiger partial charge in [-0.3, -0.25) is 9.59 Å². The van der Waals surface area contributed by atoms with E-state index in [-0.39, 0.29) is 12.5 Å². The summed E-state index contributed by atoms with van der Waals surface area (Å²) >= 11 is 0. The Morgan fingerprint density at radius 2 is 1.48 bits per heavy atom. The lowest BCUT2D eigenvalue weighted by Crippen LogP contribution is -2.43. The van der Waals surface area contributed by atoms with Gasteiger partial charge in [0.25, 0.3) is 0 Å². The molecule has 1 atom stereocenters. The first-order valence-corrected chi connectivity index (χ1v) is 9.72. The Kier molecular flexibility index (Phi) is 7.02. The second-order valence-electron chi connectivity index (χ2n) is 7.04. The highest BCUT2D eigenvalue weighted by Gasteiger charge is 2.30. The molecule has 0 aliphatic heterocycles. The van der Waals surface area contributed by atoms with Crippen molar-refractivity contribution in [1.82, 2.24) is 5.32 Å². The van der Waals surface area contributed by atoms with E-state index in [9.17, 15) is 19.2 Å². The molecule has 0 radical (unpaired) electrons. The van der Waals surface area contributed by atoms with Gasteiger partial charge in [0, 0.05) is 12.3 Å². The number of carbonyl (C=O) groups is 4. The van der Waals surface area contributed by atoms with Crippen molar-refractivity contribution in [3.05, 3.63) is 59.7 Å². The van der Waals surface area contributed by atoms with Gasteiger partial charge in [-0.05, 0) is 22.3 Å². The van der Waals surface area contributed by atoms with Crippen molar-refractivity contribution in [3.8, 4) is 11.1 Å². The van der Waals surface area contributed by atoms with Gasteiger partial charge >= 0.3 is 18.0 Å². The number of fused-ring (bicyclic) bond motifs is 3. The molecule has 0 unspecified atom stereocenters. The van der Waals surface area contributed by atoms with E-state index < -0.39 is 42.7 Å². The highest BCUT2D eigenvalue weighted by molar-refractivity contribution is 5.98. The molecule has 0 aromatic heterocycles. The number of Topliss-reactive ketones (excluding diaryl/α,β-unsaturated/α-hetero) is 1. The Hall–Kier alpha value is -3.68. The summed E-state index contributed by atoms with van der Waals surface area (Å²) in [4.78, 5) is 47.5. The number of hydrogen-bond donors (Lipinski definition) is 1. The quantitative estimate of drug-likeness (QED) is 0.393. The van der Waals surface area contributed by atoms with Crippen LogP contribution in [0.5, 0.6) is 0 Å². The van der Waals surface area contributed by atoms with Crippen molar-refractivity contribution in [1.29, 1.82) is 0 Å². The van der Waals surface area contributed by atoms with Crippen LogP contribution in [0.3, 0.4) is 0 Å². The maximum atomic E-state index is 12.4. The number of rotatable bonds is 8. The first-order valence-electron chi connectivity index (χ1n) is 9.72. The molecule has 0 bridgehead atoms. The van der Waals surface area contributed by atoms with Crippen LogP contribution in [0.25, 0.3) is 11.1 Å². The van der Waals surface area contributed by atoms with Gasteiger partial charge in [-0.15, -0.1) is 0 Å². The summed E-state index contributed by atoms with van der Waals surface area (Å²) in [7, 11) is 2.29. The Bertz CT molecular complexity index is 955. The predicted octanol–water partition coefficient (Wildman–Crippen LogP) is 2.59. The van der Waals surface area contributed by atoms with Crippen LogP contribution in [-0.4, -0.2) is 50.7 Å². The number of amides is 1. The Morgan fingerprint density at radius 3 is 2.03 bits per heavy atom. The molecule has 162 valence electrons. The van der Waals surface area contributed by atoms with Crippen LogP contribution in [-0.2, 0) is 28.6 Å². The van der Waals surface area contributed by atoms with Gasteiger partial charge in [0.1, 0.15) is 24.9 Å². The number of carbonyl (C=O) groups excluding carboxylic acids is 4. The Labute approximate surface area is 179 Å². The van der Waals surface area contributed by atoms with Crippen molar-refractivity contribution >= 4 is 23.8 Å². The molecule has 1 amide bonds. The maximum absolute atomic E-state index is 12.4. The second kappa shape index (κ2) is 9.88. The highest BCUT2D eigenvalue weighted by atomic mass is 16.6. The summed E-state index contributed by atoms with van der Waals surface area (Å²) < 4.78 is 14.5. The third kappa shape index (κ3) is 5.09. The number of ketones is 1. The third-order valence-electron chi connectivity index (χ3n) is 5.12. The monoisotopic (exact) mass is 425 g/mol. The molecule has 8 heteroatoms. The fourth-order valence-corrected chi connectivity index (χ4v) is 3.65. The SMILES string of the molecule is COC(=O)CC(=O)C[C@H](NC(=O)OCC1c2ccccc2-c2ccccc21)C(=O)OC. The van der Waals surface area contributed by atoms with E-state index in [4.69, 9.17) is 4.74 Å². The minimum absolute atomic E-state index is 0.0594. The van der Waals surface area contributed by atoms with Gasteiger partial charge < -0.3 is 19.5 Å². The predicted molar refractivity (Wildman–Crippen MR) is 110 cm³/mol. The summed E-state index contributed by atoms with van der Waals surface area (Å²) in [6.07, 6.45) is -1.77. The maximum Gasteiger partial charge on any atom is 0.407 e. The summed E-state index contributed by atoms with van der Waals surface area (Å²) in [5.74, 6) is -2.25. The molecule has 0 fully saturated rings. The first-order chi connectivity index (χ1) is 14.9. The lowest BCUT2D eigenvalue weighted by Gasteiger charge is -2.18. The number of nitrogens with one attached hydrogen (secondary N) is 1. The molecule has 1 aliphatic carbocycles. The van der Waals surface area contributed by atoms with Gasteiger partial charge in [-0.2, -0.15) is 0 Å². The highest BCUT2D eigenvalue weighted by Crippen LogP contribution is 2.44. The summed E-state index contributed by atoms with van der Waals surface area (Å²) in [6.45, 7) is 0.0594. The van der Waals surface area contributed by atoms with E-state index in [1.165, 1.54) is 0 Å². The normalized spacial score (nSPS) is 12.8. The Balaban J connectivity index is 1.65. The van der Waals surface area contributed by atoms with Crippen molar-refractivity contribution in [2.45, 2.75) is 24.8 Å². The number of methoxy groups -OCH3 is 2. The van der Waals surface area contributed by atoms with E-state index in [1.54, 1.807) is 0 Å². The van der Waals surface area contributed by atoms with Crippen LogP contribution < -0.4 is 5.32 Å². The van der Waals surface area contributed by atoms with Gasteiger partial charge in [0.05, 0.1) is 14.2 Å². The zero-order valence-corrected chi connectivity index (χ0v) is 17.3. The van der Waals surface area contributed by atoms with Crippen molar-refractivity contribution in [2.75, 3.05) is 20.8 Å². The van der Waals surface area contributed by atoms with Gasteiger partial charge in [0.2, 0.25) is 0 Å². The van der Waals surface area contributed by atoms with Crippen LogP contribution in [0.1, 0.15) is 29.9 Å². The molecule has 3 rings (SSSR count). The van der Waals surface area contributed by atoms with Crippen LogP contribution in [0, 0.1) is 0 Å². The van der Waals surface area contributed by atoms with Crippen molar-refractivity contribution in [3.63, 3.8) is 0 Å². The van der Waals surface area contributed by atoms with E-state index >= 15 is 0 Å². The lowest BCUT2D eigenvalue weighted by molar-refractivity contribution is -0.147. The van der Waals surface area contributed by atoms with Crippen LogP contribution in [0.4, 0.5) is 4.79 Å². The van der Waals surface area contributed by atoms with E-state index in [2.05, 4.69) is 14.8 Å². The van der Waals surface area contributed by atoms with Gasteiger partial charge in [0.15, 0.2) is 0 Å². The average Bonchev–Trinajstić information content (AvgIpc) is 3.10. The van der Waals surface area contributed by atoms with E-state index in [0.717, 1.165) is 36.5 Å². The standard InChI is InChI=1S/C23H23NO7/c1-29-21(26)12-14(25)11-20(22(27)30-2)24-23(28)31-13-19-17-9-5-3-7-15(17)16-8-4-6-10-18(16)19/h3-10,19-20H,11-13H2,1-2H3,(H,24,28)/t20-/m0/s1. The van der Waals surface area contributed by atoms with Crippen LogP contribution >= 0.6 is 0 Å². The molecular weight excluding hydrogens is 402 g/mol. The molecule has 8 nitrogen and oxygen atoms in total. The number of hydrogen-bond acceptors (Lipinski definition) is 7. The third-order valence-corrected chi connectivity index (χ3v) is 5.12. The fraction of sp³-hybridized carbons (Fsp3) is 0.304. The Morgan fingerprint density at radius 1 is 0.903 bits per heavy atom. The molecule has 1 N–H and O–H groups in total. The van der Waals surface area contributed by atoms with E-state index in [0.29, 0.717) is 0 Å². The number of benzene rings is 2. The van der Waals surface area contributed by atoms with Crippen molar-refractivity contribution in [2.24, 2.45) is 0 Å². The number of ether oxygens (including phenoxy) is 3. The molecule has 1 aliphatic rings. The summed E-state index contributed by atoms with van der Waals surface area (Å²) in [5.41, 5.74) is 4.28. The van der Waals surface area contributed by atoms with Gasteiger partial charge in [-0.1, -0.05) is 48.5 Å². The van der Waals surface area contributed by atoms with Gasteiger partial charge in [-0.25, -0.2) is 9.59 Å². The smallest absolute Gasteiger partial charge is 0.407 e. The lowest BCUT2D eigenvalue weighted by atomic mass is 9.98. The zero-order valence-electron chi connectivity index (χ0n) is 17.3. The first kappa shape index (κ1) is 22.0. The molecular formula is C23H23NO7. The van der Waals surface area contributed by atoms with Crippen LogP contribution in [0.15, 0.2) is 48.5 Å².